The summed E-state index contributed by atoms with van der Waals surface area (Å²) in [6, 6.07) is 3.01. The third-order valence-electron chi connectivity index (χ3n) is 0.998. The van der Waals surface area contributed by atoms with Gasteiger partial charge in [-0.3, -0.25) is 4.68 Å². The van der Waals surface area contributed by atoms with Gasteiger partial charge in [-0.15, -0.1) is 12.4 Å². The SMILES string of the molecule is Cl.Nn1cccc1C(=O)O. The molecular formula is C5H7ClN2O2. The van der Waals surface area contributed by atoms with Crippen LogP contribution in [-0.2, 0) is 0 Å². The minimum Gasteiger partial charge on any atom is -0.477 e. The summed E-state index contributed by atoms with van der Waals surface area (Å²) in [6.07, 6.45) is 1.48. The van der Waals surface area contributed by atoms with Crippen LogP contribution in [0.1, 0.15) is 10.5 Å². The Morgan fingerprint density at radius 2 is 2.30 bits per heavy atom. The number of nitrogens with zero attached hydrogens (tertiary/aromatic N) is 1. The van der Waals surface area contributed by atoms with Gasteiger partial charge in [-0.05, 0) is 12.1 Å². The highest BCUT2D eigenvalue weighted by Gasteiger charge is 2.04. The van der Waals surface area contributed by atoms with Gasteiger partial charge in [0.2, 0.25) is 0 Å². The average molecular weight is 163 g/mol. The molecule has 56 valence electrons. The summed E-state index contributed by atoms with van der Waals surface area (Å²) < 4.78 is 1.06. The number of carboxylic acid groups (broad SMARTS) is 1. The maximum absolute atomic E-state index is 10.2. The van der Waals surface area contributed by atoms with Crippen LogP contribution < -0.4 is 5.84 Å². The molecule has 5 heteroatoms. The van der Waals surface area contributed by atoms with E-state index in [1.807, 2.05) is 0 Å². The third kappa shape index (κ3) is 1.41. The molecule has 10 heavy (non-hydrogen) atoms. The van der Waals surface area contributed by atoms with Gasteiger partial charge in [-0.25, -0.2) is 4.79 Å². The highest BCUT2D eigenvalue weighted by Crippen LogP contribution is 1.95. The molecule has 3 N–H and O–H groups in total. The topological polar surface area (TPSA) is 68.2 Å². The minimum atomic E-state index is -1.01. The van der Waals surface area contributed by atoms with Crippen molar-refractivity contribution >= 4 is 18.4 Å². The smallest absolute Gasteiger partial charge is 0.354 e. The molecule has 0 spiro atoms. The lowest BCUT2D eigenvalue weighted by Gasteiger charge is -1.93. The molecule has 0 unspecified atom stereocenters. The summed E-state index contributed by atoms with van der Waals surface area (Å²) in [7, 11) is 0. The molecule has 0 aromatic carbocycles. The van der Waals surface area contributed by atoms with Crippen molar-refractivity contribution < 1.29 is 9.90 Å². The van der Waals surface area contributed by atoms with E-state index in [1.54, 1.807) is 6.07 Å². The Balaban J connectivity index is 0.000000810. The number of halogens is 1. The maximum Gasteiger partial charge on any atom is 0.354 e. The number of carbonyl (C=O) groups is 1. The Hall–Kier alpha value is -1.16. The molecule has 0 amide bonds. The molecule has 1 aromatic rings. The standard InChI is InChI=1S/C5H6N2O2.ClH/c6-7-3-1-2-4(7)5(8)9;/h1-3H,6H2,(H,8,9);1H. The van der Waals surface area contributed by atoms with Gasteiger partial charge in [0.05, 0.1) is 0 Å². The minimum absolute atomic E-state index is 0. The Morgan fingerprint density at radius 3 is 2.50 bits per heavy atom. The summed E-state index contributed by atoms with van der Waals surface area (Å²) >= 11 is 0. The van der Waals surface area contributed by atoms with E-state index in [1.165, 1.54) is 12.3 Å². The van der Waals surface area contributed by atoms with Gasteiger partial charge in [-0.1, -0.05) is 0 Å². The summed E-state index contributed by atoms with van der Waals surface area (Å²) in [5, 5.41) is 8.35. The second-order valence-corrected chi connectivity index (χ2v) is 1.61. The molecule has 0 saturated heterocycles. The van der Waals surface area contributed by atoms with Crippen molar-refractivity contribution in [3.63, 3.8) is 0 Å². The van der Waals surface area contributed by atoms with Crippen LogP contribution in [0.3, 0.4) is 0 Å². The van der Waals surface area contributed by atoms with Gasteiger partial charge in [-0.2, -0.15) is 0 Å². The molecule has 0 atom stereocenters. The monoisotopic (exact) mass is 162 g/mol. The van der Waals surface area contributed by atoms with Crippen LogP contribution in [0.15, 0.2) is 18.3 Å². The molecule has 0 saturated carbocycles. The van der Waals surface area contributed by atoms with Crippen LogP contribution in [0.25, 0.3) is 0 Å². The molecule has 0 radical (unpaired) electrons. The van der Waals surface area contributed by atoms with E-state index in [2.05, 4.69) is 0 Å². The number of aromatic carboxylic acids is 1. The first-order valence-electron chi connectivity index (χ1n) is 2.37. The molecule has 0 aliphatic carbocycles. The van der Waals surface area contributed by atoms with Gasteiger partial charge in [0.25, 0.3) is 0 Å². The van der Waals surface area contributed by atoms with E-state index >= 15 is 0 Å². The van der Waals surface area contributed by atoms with Crippen molar-refractivity contribution in [2.24, 2.45) is 0 Å². The number of aromatic nitrogens is 1. The quantitative estimate of drug-likeness (QED) is 0.585. The molecule has 0 fully saturated rings. The second-order valence-electron chi connectivity index (χ2n) is 1.61. The van der Waals surface area contributed by atoms with E-state index < -0.39 is 5.97 Å². The molecule has 0 aliphatic rings. The lowest BCUT2D eigenvalue weighted by molar-refractivity contribution is 0.0687. The largest absolute Gasteiger partial charge is 0.477 e. The van der Waals surface area contributed by atoms with Crippen molar-refractivity contribution in [1.29, 1.82) is 0 Å². The lowest BCUT2D eigenvalue weighted by Crippen LogP contribution is -2.14. The van der Waals surface area contributed by atoms with Crippen LogP contribution in [0.4, 0.5) is 0 Å². The second kappa shape index (κ2) is 3.12. The first-order chi connectivity index (χ1) is 4.22. The van der Waals surface area contributed by atoms with Gasteiger partial charge in [0.1, 0.15) is 5.69 Å². The van der Waals surface area contributed by atoms with Crippen LogP contribution in [-0.4, -0.2) is 15.8 Å². The van der Waals surface area contributed by atoms with E-state index in [0.29, 0.717) is 0 Å². The predicted molar refractivity (Wildman–Crippen MR) is 38.8 cm³/mol. The average Bonchev–Trinajstić information content (AvgIpc) is 2.13. The molecule has 1 aromatic heterocycles. The number of hydrogen-bond acceptors (Lipinski definition) is 2. The number of hydrogen-bond donors (Lipinski definition) is 2. The number of carboxylic acids is 1. The summed E-state index contributed by atoms with van der Waals surface area (Å²) in [6.45, 7) is 0. The highest BCUT2D eigenvalue weighted by molar-refractivity contribution is 5.85. The van der Waals surface area contributed by atoms with Gasteiger partial charge >= 0.3 is 5.97 Å². The van der Waals surface area contributed by atoms with Crippen molar-refractivity contribution in [3.8, 4) is 0 Å². The van der Waals surface area contributed by atoms with E-state index in [0.717, 1.165) is 4.68 Å². The maximum atomic E-state index is 10.2. The van der Waals surface area contributed by atoms with Crippen LogP contribution in [0.5, 0.6) is 0 Å². The van der Waals surface area contributed by atoms with Crippen molar-refractivity contribution in [3.05, 3.63) is 24.0 Å². The molecule has 4 nitrogen and oxygen atoms in total. The molecule has 1 rings (SSSR count). The molecule has 0 aliphatic heterocycles. The number of nitrogen functional groups attached to an aromatic ring is 1. The van der Waals surface area contributed by atoms with Crippen LogP contribution >= 0.6 is 12.4 Å². The fourth-order valence-corrected chi connectivity index (χ4v) is 0.575. The van der Waals surface area contributed by atoms with Gasteiger partial charge < -0.3 is 10.9 Å². The molecular weight excluding hydrogens is 156 g/mol. The van der Waals surface area contributed by atoms with Gasteiger partial charge in [0.15, 0.2) is 0 Å². The Labute approximate surface area is 63.6 Å². The zero-order chi connectivity index (χ0) is 6.85. The highest BCUT2D eigenvalue weighted by atomic mass is 35.5. The van der Waals surface area contributed by atoms with Crippen LogP contribution in [0, 0.1) is 0 Å². The van der Waals surface area contributed by atoms with Crippen molar-refractivity contribution in [2.75, 3.05) is 5.84 Å². The fraction of sp³-hybridized carbons (Fsp3) is 0. The first-order valence-corrected chi connectivity index (χ1v) is 2.37. The first kappa shape index (κ1) is 8.84. The lowest BCUT2D eigenvalue weighted by atomic mass is 10.4. The number of rotatable bonds is 1. The number of nitrogens with two attached hydrogens (primary N) is 1. The molecule has 1 heterocycles. The third-order valence-corrected chi connectivity index (χ3v) is 0.998. The Kier molecular flexibility index (Phi) is 2.76. The van der Waals surface area contributed by atoms with Crippen LogP contribution in [0.2, 0.25) is 0 Å². The predicted octanol–water partition coefficient (Wildman–Crippen LogP) is 0.322. The normalized spacial score (nSPS) is 8.40. The van der Waals surface area contributed by atoms with Gasteiger partial charge in [0, 0.05) is 6.20 Å². The zero-order valence-electron chi connectivity index (χ0n) is 5.02. The Morgan fingerprint density at radius 1 is 1.70 bits per heavy atom. The Bertz CT molecular complexity index is 233. The zero-order valence-corrected chi connectivity index (χ0v) is 5.84. The van der Waals surface area contributed by atoms with E-state index in [4.69, 9.17) is 10.9 Å². The molecule has 0 bridgehead atoms. The van der Waals surface area contributed by atoms with Crippen molar-refractivity contribution in [2.45, 2.75) is 0 Å². The summed E-state index contributed by atoms with van der Waals surface area (Å²) in [5.74, 6) is 4.17. The van der Waals surface area contributed by atoms with Crippen molar-refractivity contribution in [1.82, 2.24) is 4.68 Å². The summed E-state index contributed by atoms with van der Waals surface area (Å²) in [4.78, 5) is 10.2. The van der Waals surface area contributed by atoms with E-state index in [-0.39, 0.29) is 18.1 Å². The van der Waals surface area contributed by atoms with E-state index in [9.17, 15) is 4.79 Å². The summed E-state index contributed by atoms with van der Waals surface area (Å²) in [5.41, 5.74) is 0.0926. The fourth-order valence-electron chi connectivity index (χ4n) is 0.575.